The first-order valence-electron chi connectivity index (χ1n) is 19.4. The van der Waals surface area contributed by atoms with Gasteiger partial charge in [-0.2, -0.15) is 0 Å². The van der Waals surface area contributed by atoms with E-state index in [-0.39, 0.29) is 25.2 Å². The van der Waals surface area contributed by atoms with Gasteiger partial charge in [0.2, 0.25) is 0 Å². The number of carbonyl (C=O) groups is 3. The minimum atomic E-state index is -0.776. The molecule has 6 nitrogen and oxygen atoms in total. The number of carbonyl (C=O) groups excluding carboxylic acids is 3. The SMILES string of the molecule is CCCCCC=CCC=CCCCCCCCC(=O)OC(COC(C)=O)COC(=O)CCCCCCCC=CCCCCCCCC. The maximum atomic E-state index is 12.4. The van der Waals surface area contributed by atoms with Crippen LogP contribution in [0.3, 0.4) is 0 Å². The fourth-order valence-corrected chi connectivity index (χ4v) is 5.25. The zero-order valence-corrected chi connectivity index (χ0v) is 30.8. The number of hydrogen-bond acceptors (Lipinski definition) is 6. The first-order chi connectivity index (χ1) is 23.0. The summed E-state index contributed by atoms with van der Waals surface area (Å²) in [5, 5.41) is 0. The summed E-state index contributed by atoms with van der Waals surface area (Å²) in [6.45, 7) is 5.59. The molecule has 47 heavy (non-hydrogen) atoms. The van der Waals surface area contributed by atoms with Gasteiger partial charge in [-0.15, -0.1) is 0 Å². The third-order valence-electron chi connectivity index (χ3n) is 8.18. The maximum Gasteiger partial charge on any atom is 0.306 e. The number of allylic oxidation sites excluding steroid dienone is 6. The first-order valence-corrected chi connectivity index (χ1v) is 19.4. The zero-order valence-electron chi connectivity index (χ0n) is 30.8. The Hall–Kier alpha value is -2.37. The molecule has 0 aliphatic carbocycles. The van der Waals surface area contributed by atoms with Gasteiger partial charge in [-0.3, -0.25) is 14.4 Å². The van der Waals surface area contributed by atoms with Crippen molar-refractivity contribution >= 4 is 17.9 Å². The van der Waals surface area contributed by atoms with Crippen LogP contribution in [0.5, 0.6) is 0 Å². The van der Waals surface area contributed by atoms with Gasteiger partial charge in [-0.1, -0.05) is 134 Å². The molecule has 0 aromatic rings. The highest BCUT2D eigenvalue weighted by atomic mass is 16.6. The van der Waals surface area contributed by atoms with Crippen molar-refractivity contribution in [3.8, 4) is 0 Å². The number of ether oxygens (including phenoxy) is 3. The van der Waals surface area contributed by atoms with E-state index in [1.54, 1.807) is 0 Å². The molecule has 0 heterocycles. The molecule has 0 bridgehead atoms. The van der Waals surface area contributed by atoms with Crippen LogP contribution in [-0.4, -0.2) is 37.2 Å². The molecular formula is C41H72O6. The van der Waals surface area contributed by atoms with E-state index in [1.165, 1.54) is 90.4 Å². The Morgan fingerprint density at radius 3 is 1.36 bits per heavy atom. The minimum absolute atomic E-state index is 0.0922. The molecule has 272 valence electrons. The second-order valence-electron chi connectivity index (χ2n) is 12.9. The lowest BCUT2D eigenvalue weighted by atomic mass is 10.1. The van der Waals surface area contributed by atoms with E-state index in [1.807, 2.05) is 0 Å². The summed E-state index contributed by atoms with van der Waals surface area (Å²) in [7, 11) is 0. The summed E-state index contributed by atoms with van der Waals surface area (Å²) in [5.41, 5.74) is 0. The minimum Gasteiger partial charge on any atom is -0.462 e. The Morgan fingerprint density at radius 1 is 0.468 bits per heavy atom. The third kappa shape index (κ3) is 36.3. The van der Waals surface area contributed by atoms with Gasteiger partial charge < -0.3 is 14.2 Å². The van der Waals surface area contributed by atoms with Crippen LogP contribution >= 0.6 is 0 Å². The highest BCUT2D eigenvalue weighted by molar-refractivity contribution is 5.70. The van der Waals surface area contributed by atoms with Crippen molar-refractivity contribution in [2.75, 3.05) is 13.2 Å². The molecule has 0 N–H and O–H groups in total. The van der Waals surface area contributed by atoms with E-state index in [9.17, 15) is 14.4 Å². The van der Waals surface area contributed by atoms with Crippen molar-refractivity contribution in [1.82, 2.24) is 0 Å². The average Bonchev–Trinajstić information content (AvgIpc) is 3.05. The summed E-state index contributed by atoms with van der Waals surface area (Å²) in [5.74, 6) is -1.11. The highest BCUT2D eigenvalue weighted by Crippen LogP contribution is 2.12. The largest absolute Gasteiger partial charge is 0.462 e. The fraction of sp³-hybridized carbons (Fsp3) is 0.780. The predicted octanol–water partition coefficient (Wildman–Crippen LogP) is 11.9. The van der Waals surface area contributed by atoms with Crippen molar-refractivity contribution in [3.05, 3.63) is 36.5 Å². The number of esters is 3. The Bertz CT molecular complexity index is 815. The quantitative estimate of drug-likeness (QED) is 0.0296. The van der Waals surface area contributed by atoms with Gasteiger partial charge in [-0.05, 0) is 70.6 Å². The lowest BCUT2D eigenvalue weighted by Crippen LogP contribution is -2.30. The Kier molecular flexibility index (Phi) is 34.6. The summed E-state index contributed by atoms with van der Waals surface area (Å²) in [6.07, 6.45) is 41.5. The molecule has 0 radical (unpaired) electrons. The summed E-state index contributed by atoms with van der Waals surface area (Å²) < 4.78 is 15.9. The van der Waals surface area contributed by atoms with E-state index in [2.05, 4.69) is 50.3 Å². The molecule has 1 atom stereocenters. The average molecular weight is 661 g/mol. The molecule has 0 saturated carbocycles. The van der Waals surface area contributed by atoms with Crippen LogP contribution in [0.4, 0.5) is 0 Å². The summed E-state index contributed by atoms with van der Waals surface area (Å²) in [6, 6.07) is 0. The third-order valence-corrected chi connectivity index (χ3v) is 8.18. The van der Waals surface area contributed by atoms with Crippen LogP contribution in [-0.2, 0) is 28.6 Å². The Labute approximate surface area is 289 Å². The molecule has 6 heteroatoms. The van der Waals surface area contributed by atoms with Gasteiger partial charge in [0.1, 0.15) is 13.2 Å². The predicted molar refractivity (Wildman–Crippen MR) is 196 cm³/mol. The summed E-state index contributed by atoms with van der Waals surface area (Å²) in [4.78, 5) is 35.9. The fourth-order valence-electron chi connectivity index (χ4n) is 5.25. The topological polar surface area (TPSA) is 78.9 Å². The molecule has 0 aromatic carbocycles. The molecule has 0 aliphatic rings. The first kappa shape index (κ1) is 44.6. The molecule has 0 amide bonds. The van der Waals surface area contributed by atoms with Gasteiger partial charge in [0.25, 0.3) is 0 Å². The van der Waals surface area contributed by atoms with Gasteiger partial charge in [-0.25, -0.2) is 0 Å². The van der Waals surface area contributed by atoms with E-state index in [0.29, 0.717) is 12.8 Å². The summed E-state index contributed by atoms with van der Waals surface area (Å²) >= 11 is 0. The Morgan fingerprint density at radius 2 is 0.851 bits per heavy atom. The molecule has 0 spiro atoms. The van der Waals surface area contributed by atoms with Crippen LogP contribution in [0.25, 0.3) is 0 Å². The van der Waals surface area contributed by atoms with Crippen LogP contribution in [0.2, 0.25) is 0 Å². The molecule has 1 unspecified atom stereocenters. The van der Waals surface area contributed by atoms with Crippen molar-refractivity contribution in [1.29, 1.82) is 0 Å². The van der Waals surface area contributed by atoms with Crippen LogP contribution in [0, 0.1) is 0 Å². The smallest absolute Gasteiger partial charge is 0.306 e. The second-order valence-corrected chi connectivity index (χ2v) is 12.9. The van der Waals surface area contributed by atoms with Crippen LogP contribution < -0.4 is 0 Å². The normalized spacial score (nSPS) is 12.3. The highest BCUT2D eigenvalue weighted by Gasteiger charge is 2.18. The van der Waals surface area contributed by atoms with Crippen LogP contribution in [0.1, 0.15) is 188 Å². The van der Waals surface area contributed by atoms with Gasteiger partial charge in [0.05, 0.1) is 0 Å². The molecule has 0 rings (SSSR count). The van der Waals surface area contributed by atoms with Gasteiger partial charge in [0, 0.05) is 19.8 Å². The van der Waals surface area contributed by atoms with E-state index in [4.69, 9.17) is 14.2 Å². The van der Waals surface area contributed by atoms with Gasteiger partial charge in [0.15, 0.2) is 6.10 Å². The number of unbranched alkanes of at least 4 members (excludes halogenated alkanes) is 19. The van der Waals surface area contributed by atoms with E-state index < -0.39 is 12.1 Å². The lowest BCUT2D eigenvalue weighted by molar-refractivity contribution is -0.166. The molecule has 0 aliphatic heterocycles. The maximum absolute atomic E-state index is 12.4. The van der Waals surface area contributed by atoms with E-state index >= 15 is 0 Å². The van der Waals surface area contributed by atoms with Crippen LogP contribution in [0.15, 0.2) is 36.5 Å². The van der Waals surface area contributed by atoms with E-state index in [0.717, 1.165) is 70.6 Å². The lowest BCUT2D eigenvalue weighted by Gasteiger charge is -2.17. The molecular weight excluding hydrogens is 588 g/mol. The zero-order chi connectivity index (χ0) is 34.5. The molecule has 0 saturated heterocycles. The number of hydrogen-bond donors (Lipinski definition) is 0. The number of rotatable bonds is 34. The van der Waals surface area contributed by atoms with Crippen molar-refractivity contribution in [3.63, 3.8) is 0 Å². The molecule has 0 aromatic heterocycles. The standard InChI is InChI=1S/C41H72O6/c1-4-6-8-10-12-14-16-18-20-22-24-26-28-30-32-34-40(43)46-37-39(36-45-38(3)42)47-41(44)35-33-31-29-27-25-23-21-19-17-15-13-11-9-7-5-2/h13,15,18-21,39H,4-12,14,16-17,22-37H2,1-3H3. The molecule has 0 fully saturated rings. The Balaban J connectivity index is 3.90. The second kappa shape index (κ2) is 36.5. The van der Waals surface area contributed by atoms with Crippen molar-refractivity contribution in [2.45, 2.75) is 194 Å². The van der Waals surface area contributed by atoms with Crippen molar-refractivity contribution < 1.29 is 28.6 Å². The van der Waals surface area contributed by atoms with Crippen molar-refractivity contribution in [2.24, 2.45) is 0 Å². The van der Waals surface area contributed by atoms with Gasteiger partial charge >= 0.3 is 17.9 Å². The monoisotopic (exact) mass is 661 g/mol.